The zero-order chi connectivity index (χ0) is 16.8. The van der Waals surface area contributed by atoms with Crippen LogP contribution in [0.25, 0.3) is 0 Å². The lowest BCUT2D eigenvalue weighted by Crippen LogP contribution is -2.26. The first-order valence-corrected chi connectivity index (χ1v) is 7.78. The average molecular weight is 352 g/mol. The fourth-order valence-corrected chi connectivity index (χ4v) is 2.13. The molecule has 2 rings (SSSR count). The third kappa shape index (κ3) is 4.68. The van der Waals surface area contributed by atoms with Crippen LogP contribution >= 0.6 is 23.2 Å². The molecule has 0 radical (unpaired) electrons. The molecule has 0 aliphatic carbocycles. The molecule has 0 bridgehead atoms. The predicted molar refractivity (Wildman–Crippen MR) is 91.3 cm³/mol. The smallest absolute Gasteiger partial charge is 0.274 e. The second-order valence-corrected chi connectivity index (χ2v) is 5.59. The number of carbonyl (C=O) groups is 2. The Kier molecular flexibility index (Phi) is 5.96. The van der Waals surface area contributed by atoms with Gasteiger partial charge in [-0.1, -0.05) is 36.2 Å². The maximum atomic E-state index is 12.3. The highest BCUT2D eigenvalue weighted by Gasteiger charge is 2.13. The van der Waals surface area contributed by atoms with Gasteiger partial charge < -0.3 is 10.6 Å². The summed E-state index contributed by atoms with van der Waals surface area (Å²) >= 11 is 11.9. The normalized spacial score (nSPS) is 10.2. The third-order valence-corrected chi connectivity index (χ3v) is 3.49. The van der Waals surface area contributed by atoms with Crippen molar-refractivity contribution in [2.75, 3.05) is 11.9 Å². The van der Waals surface area contributed by atoms with Gasteiger partial charge >= 0.3 is 0 Å². The summed E-state index contributed by atoms with van der Waals surface area (Å²) < 4.78 is 0. The molecule has 7 heteroatoms. The number of rotatable bonds is 5. The molecule has 5 nitrogen and oxygen atoms in total. The van der Waals surface area contributed by atoms with Crippen molar-refractivity contribution in [2.24, 2.45) is 0 Å². The summed E-state index contributed by atoms with van der Waals surface area (Å²) in [5.41, 5.74) is 0.681. The minimum absolute atomic E-state index is 0.116. The zero-order valence-corrected chi connectivity index (χ0v) is 13.9. The van der Waals surface area contributed by atoms with E-state index in [1.165, 1.54) is 6.07 Å². The number of nitrogens with zero attached hydrogens (tertiary/aromatic N) is 1. The number of aromatic nitrogens is 1. The van der Waals surface area contributed by atoms with Gasteiger partial charge in [0.05, 0.1) is 10.7 Å². The van der Waals surface area contributed by atoms with Crippen molar-refractivity contribution in [3.8, 4) is 0 Å². The number of benzene rings is 1. The van der Waals surface area contributed by atoms with E-state index in [0.717, 1.165) is 6.42 Å². The second kappa shape index (κ2) is 7.94. The van der Waals surface area contributed by atoms with E-state index in [1.807, 2.05) is 6.92 Å². The Labute approximate surface area is 144 Å². The predicted octanol–water partition coefficient (Wildman–Crippen LogP) is 3.78. The molecule has 0 aliphatic heterocycles. The van der Waals surface area contributed by atoms with Crippen molar-refractivity contribution in [2.45, 2.75) is 13.3 Å². The molecule has 0 saturated carbocycles. The van der Waals surface area contributed by atoms with Crippen LogP contribution in [0.1, 0.15) is 34.3 Å². The number of nitrogens with one attached hydrogen (secondary N) is 2. The van der Waals surface area contributed by atoms with E-state index in [4.69, 9.17) is 23.2 Å². The molecule has 2 aromatic rings. The molecule has 23 heavy (non-hydrogen) atoms. The number of hydrogen-bond acceptors (Lipinski definition) is 3. The monoisotopic (exact) mass is 351 g/mol. The molecule has 1 heterocycles. The lowest BCUT2D eigenvalue weighted by molar-refractivity contribution is 0.0948. The topological polar surface area (TPSA) is 71.1 Å². The third-order valence-electron chi connectivity index (χ3n) is 2.93. The van der Waals surface area contributed by atoms with Crippen LogP contribution in [0.4, 0.5) is 5.69 Å². The number of anilines is 1. The minimum atomic E-state index is -0.473. The van der Waals surface area contributed by atoms with Crippen LogP contribution in [0, 0.1) is 0 Å². The first-order chi connectivity index (χ1) is 11.0. The first-order valence-electron chi connectivity index (χ1n) is 7.03. The van der Waals surface area contributed by atoms with Gasteiger partial charge in [0.15, 0.2) is 0 Å². The number of pyridine rings is 1. The van der Waals surface area contributed by atoms with Crippen LogP contribution in [0.3, 0.4) is 0 Å². The van der Waals surface area contributed by atoms with Gasteiger partial charge in [-0.25, -0.2) is 4.98 Å². The molecule has 120 valence electrons. The Morgan fingerprint density at radius 3 is 2.48 bits per heavy atom. The standard InChI is InChI=1S/C16H15Cl2N3O2/c1-2-8-19-15(22)12-4-3-5-13(20-12)16(23)21-14-9-10(17)6-7-11(14)18/h3-7,9H,2,8H2,1H3,(H,19,22)(H,21,23). The lowest BCUT2D eigenvalue weighted by Gasteiger charge is -2.08. The van der Waals surface area contributed by atoms with Crippen LogP contribution in [-0.4, -0.2) is 23.3 Å². The molecular formula is C16H15Cl2N3O2. The fourth-order valence-electron chi connectivity index (χ4n) is 1.80. The van der Waals surface area contributed by atoms with Gasteiger partial charge in [0.2, 0.25) is 0 Å². The van der Waals surface area contributed by atoms with Gasteiger partial charge in [0.1, 0.15) is 11.4 Å². The Morgan fingerprint density at radius 2 is 1.78 bits per heavy atom. The Morgan fingerprint density at radius 1 is 1.09 bits per heavy atom. The maximum absolute atomic E-state index is 12.3. The van der Waals surface area contributed by atoms with E-state index in [0.29, 0.717) is 22.3 Å². The molecule has 2 N–H and O–H groups in total. The molecule has 0 spiro atoms. The van der Waals surface area contributed by atoms with Crippen LogP contribution in [0.5, 0.6) is 0 Å². The Hall–Kier alpha value is -2.11. The highest BCUT2D eigenvalue weighted by molar-refractivity contribution is 6.35. The molecular weight excluding hydrogens is 337 g/mol. The summed E-state index contributed by atoms with van der Waals surface area (Å²) in [4.78, 5) is 28.2. The molecule has 0 saturated heterocycles. The summed E-state index contributed by atoms with van der Waals surface area (Å²) in [5, 5.41) is 6.15. The summed E-state index contributed by atoms with van der Waals surface area (Å²) in [6, 6.07) is 9.42. The number of carbonyl (C=O) groups excluding carboxylic acids is 2. The SMILES string of the molecule is CCCNC(=O)c1cccc(C(=O)Nc2cc(Cl)ccc2Cl)n1. The van der Waals surface area contributed by atoms with Crippen molar-refractivity contribution in [1.29, 1.82) is 0 Å². The Bertz CT molecular complexity index is 735. The average Bonchev–Trinajstić information content (AvgIpc) is 2.56. The van der Waals surface area contributed by atoms with Crippen LogP contribution in [0.2, 0.25) is 10.0 Å². The van der Waals surface area contributed by atoms with Gasteiger partial charge in [0, 0.05) is 11.6 Å². The molecule has 0 fully saturated rings. The summed E-state index contributed by atoms with van der Waals surface area (Å²) in [6.45, 7) is 2.50. The summed E-state index contributed by atoms with van der Waals surface area (Å²) in [5.74, 6) is -0.790. The van der Waals surface area contributed by atoms with Crippen molar-refractivity contribution >= 4 is 40.7 Å². The lowest BCUT2D eigenvalue weighted by atomic mass is 10.2. The van der Waals surface area contributed by atoms with E-state index >= 15 is 0 Å². The molecule has 0 unspecified atom stereocenters. The second-order valence-electron chi connectivity index (χ2n) is 4.74. The van der Waals surface area contributed by atoms with Crippen LogP contribution < -0.4 is 10.6 Å². The molecule has 0 aliphatic rings. The van der Waals surface area contributed by atoms with Gasteiger partial charge in [-0.05, 0) is 36.8 Å². The summed E-state index contributed by atoms with van der Waals surface area (Å²) in [7, 11) is 0. The number of halogens is 2. The highest BCUT2D eigenvalue weighted by Crippen LogP contribution is 2.25. The van der Waals surface area contributed by atoms with Crippen molar-refractivity contribution in [1.82, 2.24) is 10.3 Å². The van der Waals surface area contributed by atoms with Gasteiger partial charge in [-0.3, -0.25) is 9.59 Å². The van der Waals surface area contributed by atoms with Crippen molar-refractivity contribution < 1.29 is 9.59 Å². The van der Waals surface area contributed by atoms with E-state index < -0.39 is 5.91 Å². The minimum Gasteiger partial charge on any atom is -0.351 e. The number of hydrogen-bond donors (Lipinski definition) is 2. The van der Waals surface area contributed by atoms with Crippen molar-refractivity contribution in [3.63, 3.8) is 0 Å². The van der Waals surface area contributed by atoms with E-state index in [1.54, 1.807) is 30.3 Å². The van der Waals surface area contributed by atoms with E-state index in [2.05, 4.69) is 15.6 Å². The van der Waals surface area contributed by atoms with Crippen LogP contribution in [-0.2, 0) is 0 Å². The van der Waals surface area contributed by atoms with E-state index in [9.17, 15) is 9.59 Å². The first kappa shape index (κ1) is 17.2. The molecule has 0 atom stereocenters. The highest BCUT2D eigenvalue weighted by atomic mass is 35.5. The van der Waals surface area contributed by atoms with Gasteiger partial charge in [-0.15, -0.1) is 0 Å². The molecule has 1 aromatic carbocycles. The van der Waals surface area contributed by atoms with Gasteiger partial charge in [0.25, 0.3) is 11.8 Å². The number of amides is 2. The van der Waals surface area contributed by atoms with Gasteiger partial charge in [-0.2, -0.15) is 0 Å². The molecule has 2 amide bonds. The van der Waals surface area contributed by atoms with Crippen LogP contribution in [0.15, 0.2) is 36.4 Å². The zero-order valence-electron chi connectivity index (χ0n) is 12.4. The fraction of sp³-hybridized carbons (Fsp3) is 0.188. The van der Waals surface area contributed by atoms with E-state index in [-0.39, 0.29) is 17.3 Å². The molecule has 1 aromatic heterocycles. The van der Waals surface area contributed by atoms with Crippen molar-refractivity contribution in [3.05, 3.63) is 57.8 Å². The summed E-state index contributed by atoms with van der Waals surface area (Å²) in [6.07, 6.45) is 0.819. The quantitative estimate of drug-likeness (QED) is 0.860. The Balaban J connectivity index is 2.16. The largest absolute Gasteiger partial charge is 0.351 e. The maximum Gasteiger partial charge on any atom is 0.274 e.